The van der Waals surface area contributed by atoms with Crippen molar-refractivity contribution in [3.63, 3.8) is 0 Å². The zero-order valence-electron chi connectivity index (χ0n) is 28.9. The molecule has 1 amide bonds. The molecule has 1 saturated carbocycles. The monoisotopic (exact) mass is 743 g/mol. The number of nitrogens with zero attached hydrogens (tertiary/aromatic N) is 7. The molecule has 7 rings (SSSR count). The van der Waals surface area contributed by atoms with E-state index in [0.717, 1.165) is 56.5 Å². The molecule has 262 valence electrons. The number of likely N-dealkylation sites (tertiary alicyclic amines) is 1. The lowest BCUT2D eigenvalue weighted by Crippen LogP contribution is -2.45. The van der Waals surface area contributed by atoms with Crippen molar-refractivity contribution < 1.29 is 18.8 Å². The molecule has 1 saturated heterocycles. The lowest BCUT2D eigenvalue weighted by Gasteiger charge is -2.27. The minimum Gasteiger partial charge on any atom is -0.327 e. The summed E-state index contributed by atoms with van der Waals surface area (Å²) < 4.78 is 16.9. The smallest absolute Gasteiger partial charge is 0.245 e. The number of ketones is 2. The van der Waals surface area contributed by atoms with Crippen LogP contribution in [0.1, 0.15) is 85.0 Å². The number of benzene rings is 1. The molecule has 4 aromatic rings. The summed E-state index contributed by atoms with van der Waals surface area (Å²) in [4.78, 5) is 59.0. The highest BCUT2D eigenvalue weighted by molar-refractivity contribution is 9.10. The van der Waals surface area contributed by atoms with Gasteiger partial charge in [0.25, 0.3) is 0 Å². The Hall–Kier alpha value is -3.90. The van der Waals surface area contributed by atoms with Crippen molar-refractivity contribution >= 4 is 44.3 Å². The molecule has 12 heteroatoms. The van der Waals surface area contributed by atoms with E-state index in [-0.39, 0.29) is 47.6 Å². The van der Waals surface area contributed by atoms with E-state index < -0.39 is 12.7 Å². The number of aromatic nitrogens is 5. The van der Waals surface area contributed by atoms with Crippen LogP contribution in [0.5, 0.6) is 0 Å². The summed E-state index contributed by atoms with van der Waals surface area (Å²) in [5.74, 6) is 0.0501. The van der Waals surface area contributed by atoms with Crippen LogP contribution in [-0.4, -0.2) is 84.2 Å². The van der Waals surface area contributed by atoms with E-state index >= 15 is 0 Å². The van der Waals surface area contributed by atoms with E-state index in [1.54, 1.807) is 36.4 Å². The third-order valence-electron chi connectivity index (χ3n) is 10.8. The molecule has 2 bridgehead atoms. The highest BCUT2D eigenvalue weighted by Crippen LogP contribution is 2.60. The summed E-state index contributed by atoms with van der Waals surface area (Å²) in [5, 5.41) is 5.06. The number of hydrogen-bond donors (Lipinski definition) is 0. The van der Waals surface area contributed by atoms with Gasteiger partial charge < -0.3 is 9.80 Å². The van der Waals surface area contributed by atoms with Crippen LogP contribution in [0.25, 0.3) is 22.0 Å². The van der Waals surface area contributed by atoms with Gasteiger partial charge in [0, 0.05) is 53.8 Å². The maximum absolute atomic E-state index is 14.8. The number of piperidine rings is 1. The molecule has 2 fully saturated rings. The average molecular weight is 745 g/mol. The summed E-state index contributed by atoms with van der Waals surface area (Å²) in [5.41, 5.74) is 3.92. The Bertz CT molecular complexity index is 1960. The number of carbonyl (C=O) groups excluding carboxylic acids is 3. The fourth-order valence-corrected chi connectivity index (χ4v) is 8.65. The Morgan fingerprint density at radius 1 is 1.04 bits per heavy atom. The molecule has 10 nitrogen and oxygen atoms in total. The van der Waals surface area contributed by atoms with Crippen molar-refractivity contribution in [3.05, 3.63) is 69.6 Å². The number of aryl methyl sites for hydroxylation is 2. The molecular formula is C38H43BrFN7O3. The van der Waals surface area contributed by atoms with Crippen molar-refractivity contribution in [3.8, 4) is 11.1 Å². The number of fused-ring (bicyclic) bond motifs is 3. The van der Waals surface area contributed by atoms with Crippen LogP contribution in [-0.2, 0) is 35.7 Å². The molecule has 3 aliphatic rings. The highest BCUT2D eigenvalue weighted by atomic mass is 79.9. The largest absolute Gasteiger partial charge is 0.327 e. The molecule has 3 atom stereocenters. The Labute approximate surface area is 300 Å². The SMILES string of the molecule is CC(=O)c1nn(CC(=O)N2[C@H]3C[C@]4(C[C@@H]24)CN(C)CCCCCCCc2ccc(Br)nc2CC3=O)c2c(CF)cc(-c3cnc(C)nc3)cc12. The van der Waals surface area contributed by atoms with Gasteiger partial charge in [-0.05, 0) is 97.9 Å². The van der Waals surface area contributed by atoms with Gasteiger partial charge in [0.15, 0.2) is 11.6 Å². The fraction of sp³-hybridized carbons (Fsp3) is 0.500. The molecule has 0 unspecified atom stereocenters. The number of hydrogen-bond acceptors (Lipinski definition) is 8. The van der Waals surface area contributed by atoms with Crippen molar-refractivity contribution in [2.24, 2.45) is 5.41 Å². The third-order valence-corrected chi connectivity index (χ3v) is 11.3. The van der Waals surface area contributed by atoms with Gasteiger partial charge in [0.2, 0.25) is 5.91 Å². The molecule has 2 aliphatic heterocycles. The second-order valence-electron chi connectivity index (χ2n) is 14.5. The first-order valence-corrected chi connectivity index (χ1v) is 18.4. The van der Waals surface area contributed by atoms with Crippen LogP contribution < -0.4 is 0 Å². The molecule has 1 aromatic carbocycles. The van der Waals surface area contributed by atoms with Crippen molar-refractivity contribution in [1.82, 2.24) is 34.5 Å². The molecule has 5 heterocycles. The lowest BCUT2D eigenvalue weighted by atomic mass is 9.93. The van der Waals surface area contributed by atoms with Gasteiger partial charge in [-0.25, -0.2) is 19.3 Å². The molecular weight excluding hydrogens is 701 g/mol. The second-order valence-corrected chi connectivity index (χ2v) is 15.3. The van der Waals surface area contributed by atoms with Crippen LogP contribution >= 0.6 is 15.9 Å². The van der Waals surface area contributed by atoms with E-state index in [2.05, 4.69) is 49.0 Å². The number of halogens is 2. The number of rotatable bonds is 5. The molecule has 0 N–H and O–H groups in total. The van der Waals surface area contributed by atoms with Gasteiger partial charge >= 0.3 is 0 Å². The minimum atomic E-state index is -0.820. The summed E-state index contributed by atoms with van der Waals surface area (Å²) in [6, 6.07) is 6.81. The Kier molecular flexibility index (Phi) is 9.69. The van der Waals surface area contributed by atoms with Gasteiger partial charge in [0.05, 0.1) is 23.7 Å². The number of carbonyl (C=O) groups is 3. The number of pyridine rings is 1. The summed E-state index contributed by atoms with van der Waals surface area (Å²) >= 11 is 3.50. The zero-order chi connectivity index (χ0) is 35.2. The van der Waals surface area contributed by atoms with E-state index in [1.807, 2.05) is 6.07 Å². The standard InChI is InChI=1S/C38H43BrFN7O3/c1-23(48)36-29-14-26(28-19-41-24(2)42-20-28)13-27(18-40)37(29)46(44-36)21-35(50)47-31-16-38(17-33(38)47)22-45(3)12-8-6-4-5-7-9-25-10-11-34(39)43-30(25)15-32(31)49/h10-11,13-14,19-20,31,33H,4-9,12,15-18,21-22H2,1-3H3/t31-,33+,38-/m0/s1. The zero-order valence-corrected chi connectivity index (χ0v) is 30.5. The summed E-state index contributed by atoms with van der Waals surface area (Å²) in [7, 11) is 2.14. The maximum atomic E-state index is 14.8. The topological polar surface area (TPSA) is 114 Å². The van der Waals surface area contributed by atoms with Crippen molar-refractivity contribution in [2.45, 2.75) is 96.9 Å². The van der Waals surface area contributed by atoms with Crippen LogP contribution in [0.15, 0.2) is 41.3 Å². The molecule has 50 heavy (non-hydrogen) atoms. The first-order valence-electron chi connectivity index (χ1n) is 17.6. The van der Waals surface area contributed by atoms with Gasteiger partial charge in [0.1, 0.15) is 29.3 Å². The summed E-state index contributed by atoms with van der Waals surface area (Å²) in [6.07, 6.45) is 11.5. The van der Waals surface area contributed by atoms with E-state index in [9.17, 15) is 18.8 Å². The fourth-order valence-electron chi connectivity index (χ4n) is 8.30. The van der Waals surface area contributed by atoms with Gasteiger partial charge in [-0.3, -0.25) is 19.1 Å². The average Bonchev–Trinajstić information content (AvgIpc) is 3.47. The van der Waals surface area contributed by atoms with Crippen LogP contribution in [0, 0.1) is 12.3 Å². The normalized spacial score (nSPS) is 23.1. The quantitative estimate of drug-likeness (QED) is 0.174. The third kappa shape index (κ3) is 6.76. The predicted octanol–water partition coefficient (Wildman–Crippen LogP) is 6.24. The number of Topliss-reactive ketones (excluding diaryl/α,β-unsaturated/α-hetero) is 2. The lowest BCUT2D eigenvalue weighted by molar-refractivity contribution is -0.139. The number of alkyl halides is 1. The summed E-state index contributed by atoms with van der Waals surface area (Å²) in [6.45, 7) is 3.98. The van der Waals surface area contributed by atoms with Crippen molar-refractivity contribution in [1.29, 1.82) is 0 Å². The predicted molar refractivity (Wildman–Crippen MR) is 191 cm³/mol. The molecule has 1 spiro atoms. The first kappa shape index (κ1) is 34.5. The van der Waals surface area contributed by atoms with E-state index in [1.165, 1.54) is 24.4 Å². The Morgan fingerprint density at radius 3 is 2.56 bits per heavy atom. The first-order chi connectivity index (χ1) is 24.1. The van der Waals surface area contributed by atoms with E-state index in [4.69, 9.17) is 4.98 Å². The van der Waals surface area contributed by atoms with Gasteiger partial charge in [-0.15, -0.1) is 0 Å². The minimum absolute atomic E-state index is 0.0179. The van der Waals surface area contributed by atoms with Crippen LogP contribution in [0.4, 0.5) is 4.39 Å². The Morgan fingerprint density at radius 2 is 1.80 bits per heavy atom. The molecule has 3 aromatic heterocycles. The Balaban J connectivity index is 1.23. The maximum Gasteiger partial charge on any atom is 0.245 e. The van der Waals surface area contributed by atoms with Crippen molar-refractivity contribution in [2.75, 3.05) is 20.1 Å². The second kappa shape index (κ2) is 14.0. The van der Waals surface area contributed by atoms with Gasteiger partial charge in [-0.2, -0.15) is 5.10 Å². The van der Waals surface area contributed by atoms with Gasteiger partial charge in [-0.1, -0.05) is 25.3 Å². The number of amides is 1. The molecule has 1 aliphatic carbocycles. The highest BCUT2D eigenvalue weighted by Gasteiger charge is 2.67. The molecule has 0 radical (unpaired) electrons. The van der Waals surface area contributed by atoms with Crippen LogP contribution in [0.3, 0.4) is 0 Å². The van der Waals surface area contributed by atoms with E-state index in [0.29, 0.717) is 44.4 Å². The van der Waals surface area contributed by atoms with Crippen LogP contribution in [0.2, 0.25) is 0 Å².